The van der Waals surface area contributed by atoms with Gasteiger partial charge >= 0.3 is 0 Å². The highest BCUT2D eigenvalue weighted by Crippen LogP contribution is 2.04. The monoisotopic (exact) mass is 260 g/mol. The summed E-state index contributed by atoms with van der Waals surface area (Å²) in [4.78, 5) is 16.2. The van der Waals surface area contributed by atoms with Crippen LogP contribution < -0.4 is 11.1 Å². The fourth-order valence-electron chi connectivity index (χ4n) is 1.84. The molecular weight excluding hydrogens is 240 g/mol. The normalized spacial score (nSPS) is 12.8. The van der Waals surface area contributed by atoms with Crippen LogP contribution in [0.4, 0.5) is 0 Å². The standard InChI is InChI=1S/C14H20N4O/c1-10(2)13(15)14(19)16-7-6-11-9-18-8-4-3-5-12(18)17-11/h3-5,8-10,13H,6-7,15H2,1-2H3,(H,16,19)/t13-/m0/s1. The Labute approximate surface area is 112 Å². The van der Waals surface area contributed by atoms with Crippen LogP contribution in [0.5, 0.6) is 0 Å². The molecule has 0 spiro atoms. The summed E-state index contributed by atoms with van der Waals surface area (Å²) in [6.45, 7) is 4.43. The van der Waals surface area contributed by atoms with Crippen molar-refractivity contribution in [2.75, 3.05) is 6.54 Å². The molecule has 2 aromatic rings. The number of pyridine rings is 1. The van der Waals surface area contributed by atoms with E-state index >= 15 is 0 Å². The van der Waals surface area contributed by atoms with Gasteiger partial charge in [0.2, 0.25) is 5.91 Å². The number of aromatic nitrogens is 2. The first-order valence-electron chi connectivity index (χ1n) is 6.54. The maximum absolute atomic E-state index is 11.7. The summed E-state index contributed by atoms with van der Waals surface area (Å²) in [5, 5.41) is 2.84. The molecule has 0 saturated heterocycles. The number of carbonyl (C=O) groups excluding carboxylic acids is 1. The predicted octanol–water partition coefficient (Wildman–Crippen LogP) is 0.976. The van der Waals surface area contributed by atoms with Crippen LogP contribution in [-0.4, -0.2) is 27.9 Å². The minimum absolute atomic E-state index is 0.0984. The molecule has 3 N–H and O–H groups in total. The molecule has 0 saturated carbocycles. The van der Waals surface area contributed by atoms with Crippen LogP contribution in [0.3, 0.4) is 0 Å². The molecule has 0 aliphatic rings. The SMILES string of the molecule is CC(C)[C@H](N)C(=O)NCCc1cn2ccccc2n1. The molecule has 1 atom stereocenters. The summed E-state index contributed by atoms with van der Waals surface area (Å²) in [7, 11) is 0. The number of fused-ring (bicyclic) bond motifs is 1. The first-order chi connectivity index (χ1) is 9.08. The van der Waals surface area contributed by atoms with E-state index in [4.69, 9.17) is 5.73 Å². The van der Waals surface area contributed by atoms with Gasteiger partial charge in [0, 0.05) is 25.4 Å². The van der Waals surface area contributed by atoms with E-state index < -0.39 is 6.04 Å². The van der Waals surface area contributed by atoms with E-state index in [1.165, 1.54) is 0 Å². The first kappa shape index (κ1) is 13.5. The lowest BCUT2D eigenvalue weighted by molar-refractivity contribution is -0.123. The number of nitrogens with one attached hydrogen (secondary N) is 1. The first-order valence-corrected chi connectivity index (χ1v) is 6.54. The van der Waals surface area contributed by atoms with Crippen molar-refractivity contribution in [1.29, 1.82) is 0 Å². The Morgan fingerprint density at radius 1 is 1.47 bits per heavy atom. The minimum Gasteiger partial charge on any atom is -0.354 e. The topological polar surface area (TPSA) is 72.4 Å². The van der Waals surface area contributed by atoms with Gasteiger partial charge in [0.1, 0.15) is 5.65 Å². The highest BCUT2D eigenvalue weighted by molar-refractivity contribution is 5.81. The summed E-state index contributed by atoms with van der Waals surface area (Å²) in [5.74, 6) is 0.0500. The Bertz CT molecular complexity index is 528. The van der Waals surface area contributed by atoms with Gasteiger partial charge in [-0.15, -0.1) is 0 Å². The molecule has 19 heavy (non-hydrogen) atoms. The van der Waals surface area contributed by atoms with E-state index in [1.54, 1.807) is 0 Å². The van der Waals surface area contributed by atoms with Crippen molar-refractivity contribution in [2.24, 2.45) is 11.7 Å². The van der Waals surface area contributed by atoms with Crippen molar-refractivity contribution in [3.63, 3.8) is 0 Å². The lowest BCUT2D eigenvalue weighted by atomic mass is 10.1. The fourth-order valence-corrected chi connectivity index (χ4v) is 1.84. The van der Waals surface area contributed by atoms with Crippen molar-refractivity contribution in [1.82, 2.24) is 14.7 Å². The van der Waals surface area contributed by atoms with Crippen LogP contribution in [0, 0.1) is 5.92 Å². The van der Waals surface area contributed by atoms with Gasteiger partial charge in [0.15, 0.2) is 0 Å². The second-order valence-electron chi connectivity index (χ2n) is 5.01. The third kappa shape index (κ3) is 3.32. The van der Waals surface area contributed by atoms with Gasteiger partial charge in [-0.2, -0.15) is 0 Å². The Kier molecular flexibility index (Phi) is 4.16. The number of hydrogen-bond donors (Lipinski definition) is 2. The largest absolute Gasteiger partial charge is 0.354 e. The molecule has 0 aromatic carbocycles. The van der Waals surface area contributed by atoms with Crippen LogP contribution in [-0.2, 0) is 11.2 Å². The van der Waals surface area contributed by atoms with E-state index in [0.29, 0.717) is 13.0 Å². The van der Waals surface area contributed by atoms with Crippen molar-refractivity contribution in [2.45, 2.75) is 26.3 Å². The van der Waals surface area contributed by atoms with Crippen molar-refractivity contribution in [3.8, 4) is 0 Å². The molecule has 1 amide bonds. The summed E-state index contributed by atoms with van der Waals surface area (Å²) in [6, 6.07) is 5.43. The van der Waals surface area contributed by atoms with Crippen LogP contribution in [0.2, 0.25) is 0 Å². The number of hydrogen-bond acceptors (Lipinski definition) is 3. The van der Waals surface area contributed by atoms with Gasteiger partial charge in [-0.25, -0.2) is 4.98 Å². The van der Waals surface area contributed by atoms with Gasteiger partial charge in [0.25, 0.3) is 0 Å². The molecule has 5 nitrogen and oxygen atoms in total. The molecule has 2 heterocycles. The smallest absolute Gasteiger partial charge is 0.237 e. The summed E-state index contributed by atoms with van der Waals surface area (Å²) >= 11 is 0. The van der Waals surface area contributed by atoms with Crippen LogP contribution >= 0.6 is 0 Å². The van der Waals surface area contributed by atoms with E-state index in [0.717, 1.165) is 11.3 Å². The fraction of sp³-hybridized carbons (Fsp3) is 0.429. The molecule has 0 fully saturated rings. The average molecular weight is 260 g/mol. The molecule has 0 aliphatic carbocycles. The lowest BCUT2D eigenvalue weighted by Crippen LogP contribution is -2.44. The van der Waals surface area contributed by atoms with E-state index in [-0.39, 0.29) is 11.8 Å². The van der Waals surface area contributed by atoms with E-state index in [9.17, 15) is 4.79 Å². The molecule has 0 unspecified atom stereocenters. The van der Waals surface area contributed by atoms with Gasteiger partial charge in [0.05, 0.1) is 11.7 Å². The second-order valence-corrected chi connectivity index (χ2v) is 5.01. The minimum atomic E-state index is -0.443. The van der Waals surface area contributed by atoms with Gasteiger partial charge < -0.3 is 15.5 Å². The molecule has 0 bridgehead atoms. The molecular formula is C14H20N4O. The molecule has 2 rings (SSSR count). The average Bonchev–Trinajstić information content (AvgIpc) is 2.80. The molecule has 5 heteroatoms. The number of imidazole rings is 1. The number of rotatable bonds is 5. The zero-order valence-electron chi connectivity index (χ0n) is 11.3. The number of nitrogens with two attached hydrogens (primary N) is 1. The van der Waals surface area contributed by atoms with Gasteiger partial charge in [-0.1, -0.05) is 19.9 Å². The van der Waals surface area contributed by atoms with Crippen molar-refractivity contribution >= 4 is 11.6 Å². The predicted molar refractivity (Wildman–Crippen MR) is 74.7 cm³/mol. The quantitative estimate of drug-likeness (QED) is 0.841. The number of nitrogens with zero attached hydrogens (tertiary/aromatic N) is 2. The Hall–Kier alpha value is -1.88. The molecule has 102 valence electrons. The van der Waals surface area contributed by atoms with Crippen LogP contribution in [0.25, 0.3) is 5.65 Å². The van der Waals surface area contributed by atoms with E-state index in [1.807, 2.05) is 48.8 Å². The van der Waals surface area contributed by atoms with E-state index in [2.05, 4.69) is 10.3 Å². The zero-order chi connectivity index (χ0) is 13.8. The van der Waals surface area contributed by atoms with Gasteiger partial charge in [-0.05, 0) is 18.1 Å². The maximum atomic E-state index is 11.7. The second kappa shape index (κ2) is 5.84. The van der Waals surface area contributed by atoms with Crippen LogP contribution in [0.15, 0.2) is 30.6 Å². The summed E-state index contributed by atoms with van der Waals surface area (Å²) in [6.07, 6.45) is 4.64. The Morgan fingerprint density at radius 3 is 2.95 bits per heavy atom. The zero-order valence-corrected chi connectivity index (χ0v) is 11.3. The van der Waals surface area contributed by atoms with Crippen LogP contribution in [0.1, 0.15) is 19.5 Å². The van der Waals surface area contributed by atoms with Crippen molar-refractivity contribution < 1.29 is 4.79 Å². The van der Waals surface area contributed by atoms with Gasteiger partial charge in [-0.3, -0.25) is 4.79 Å². The van der Waals surface area contributed by atoms with Crippen molar-refractivity contribution in [3.05, 3.63) is 36.3 Å². The third-order valence-corrected chi connectivity index (χ3v) is 3.12. The molecule has 0 aliphatic heterocycles. The number of carbonyl (C=O) groups is 1. The highest BCUT2D eigenvalue weighted by Gasteiger charge is 2.16. The Balaban J connectivity index is 1.87. The molecule has 0 radical (unpaired) electrons. The third-order valence-electron chi connectivity index (χ3n) is 3.12. The number of amides is 1. The Morgan fingerprint density at radius 2 is 2.26 bits per heavy atom. The summed E-state index contributed by atoms with van der Waals surface area (Å²) < 4.78 is 1.97. The molecule has 2 aromatic heterocycles. The summed E-state index contributed by atoms with van der Waals surface area (Å²) in [5.41, 5.74) is 7.65. The highest BCUT2D eigenvalue weighted by atomic mass is 16.2. The lowest BCUT2D eigenvalue weighted by Gasteiger charge is -2.14. The maximum Gasteiger partial charge on any atom is 0.237 e.